The standard InChI is InChI=1S/C21H22N4O4/c1-13-5-8-18(28-3)16(11-13)22-20-10-7-15(24-25-20)21(26)23-17-12-14(27-2)6-9-19(17)29-4/h5-12H,1-4H3,(H,22,25)(H,23,26). The Morgan fingerprint density at radius 1 is 0.828 bits per heavy atom. The molecule has 0 aliphatic heterocycles. The Kier molecular flexibility index (Phi) is 6.13. The summed E-state index contributed by atoms with van der Waals surface area (Å²) in [6.07, 6.45) is 0. The largest absolute Gasteiger partial charge is 0.497 e. The van der Waals surface area contributed by atoms with E-state index in [0.29, 0.717) is 28.8 Å². The minimum Gasteiger partial charge on any atom is -0.497 e. The molecule has 0 saturated carbocycles. The molecule has 0 aliphatic carbocycles. The van der Waals surface area contributed by atoms with Crippen LogP contribution in [-0.2, 0) is 0 Å². The van der Waals surface area contributed by atoms with Gasteiger partial charge in [-0.25, -0.2) is 0 Å². The van der Waals surface area contributed by atoms with Gasteiger partial charge in [-0.3, -0.25) is 4.79 Å². The first-order valence-electron chi connectivity index (χ1n) is 8.83. The lowest BCUT2D eigenvalue weighted by molar-refractivity contribution is 0.102. The molecule has 0 unspecified atom stereocenters. The van der Waals surface area contributed by atoms with Crippen LogP contribution in [0.2, 0.25) is 0 Å². The van der Waals surface area contributed by atoms with Crippen LogP contribution in [0.5, 0.6) is 17.2 Å². The fraction of sp³-hybridized carbons (Fsp3) is 0.190. The Labute approximate surface area is 168 Å². The lowest BCUT2D eigenvalue weighted by Crippen LogP contribution is -2.15. The van der Waals surface area contributed by atoms with Gasteiger partial charge in [0.2, 0.25) is 0 Å². The number of amides is 1. The second-order valence-electron chi connectivity index (χ2n) is 6.15. The van der Waals surface area contributed by atoms with Crippen LogP contribution in [-0.4, -0.2) is 37.4 Å². The van der Waals surface area contributed by atoms with Crippen molar-refractivity contribution in [2.45, 2.75) is 6.92 Å². The quantitative estimate of drug-likeness (QED) is 0.629. The molecule has 0 radical (unpaired) electrons. The van der Waals surface area contributed by atoms with Crippen LogP contribution >= 0.6 is 0 Å². The van der Waals surface area contributed by atoms with Crippen molar-refractivity contribution in [1.82, 2.24) is 10.2 Å². The van der Waals surface area contributed by atoms with Gasteiger partial charge in [-0.05, 0) is 48.9 Å². The second kappa shape index (κ2) is 8.92. The molecule has 0 saturated heterocycles. The van der Waals surface area contributed by atoms with Crippen LogP contribution in [0.15, 0.2) is 48.5 Å². The number of rotatable bonds is 7. The third-order valence-corrected chi connectivity index (χ3v) is 4.17. The molecule has 0 bridgehead atoms. The number of aromatic nitrogens is 2. The van der Waals surface area contributed by atoms with Crippen molar-refractivity contribution in [2.75, 3.05) is 32.0 Å². The number of carbonyl (C=O) groups excluding carboxylic acids is 1. The number of carbonyl (C=O) groups is 1. The fourth-order valence-corrected chi connectivity index (χ4v) is 2.68. The maximum atomic E-state index is 12.5. The summed E-state index contributed by atoms with van der Waals surface area (Å²) >= 11 is 0. The second-order valence-corrected chi connectivity index (χ2v) is 6.15. The summed E-state index contributed by atoms with van der Waals surface area (Å²) in [4.78, 5) is 12.5. The van der Waals surface area contributed by atoms with Crippen molar-refractivity contribution in [3.05, 3.63) is 59.8 Å². The third-order valence-electron chi connectivity index (χ3n) is 4.17. The van der Waals surface area contributed by atoms with Gasteiger partial charge >= 0.3 is 0 Å². The van der Waals surface area contributed by atoms with Crippen LogP contribution in [0.1, 0.15) is 16.1 Å². The van der Waals surface area contributed by atoms with E-state index in [2.05, 4.69) is 20.8 Å². The van der Waals surface area contributed by atoms with E-state index in [1.807, 2.05) is 25.1 Å². The average molecular weight is 394 g/mol. The molecule has 150 valence electrons. The van der Waals surface area contributed by atoms with Crippen LogP contribution in [0.4, 0.5) is 17.2 Å². The number of nitrogens with one attached hydrogen (secondary N) is 2. The molecule has 1 aromatic heterocycles. The highest BCUT2D eigenvalue weighted by molar-refractivity contribution is 6.03. The van der Waals surface area contributed by atoms with Gasteiger partial charge in [0.1, 0.15) is 17.2 Å². The van der Waals surface area contributed by atoms with Crippen molar-refractivity contribution >= 4 is 23.1 Å². The lowest BCUT2D eigenvalue weighted by atomic mass is 10.2. The molecule has 29 heavy (non-hydrogen) atoms. The molecule has 1 amide bonds. The van der Waals surface area contributed by atoms with Crippen molar-refractivity contribution in [3.63, 3.8) is 0 Å². The summed E-state index contributed by atoms with van der Waals surface area (Å²) in [6, 6.07) is 14.1. The molecule has 8 nitrogen and oxygen atoms in total. The summed E-state index contributed by atoms with van der Waals surface area (Å²) in [5, 5.41) is 14.0. The van der Waals surface area contributed by atoms with Crippen molar-refractivity contribution in [2.24, 2.45) is 0 Å². The van der Waals surface area contributed by atoms with Gasteiger partial charge in [-0.15, -0.1) is 10.2 Å². The van der Waals surface area contributed by atoms with Crippen molar-refractivity contribution in [1.29, 1.82) is 0 Å². The fourth-order valence-electron chi connectivity index (χ4n) is 2.68. The molecule has 3 aromatic rings. The SMILES string of the molecule is COc1ccc(OC)c(NC(=O)c2ccc(Nc3cc(C)ccc3OC)nn2)c1. The molecule has 3 rings (SSSR count). The van der Waals surface area contributed by atoms with Crippen LogP contribution in [0, 0.1) is 6.92 Å². The number of hydrogen-bond acceptors (Lipinski definition) is 7. The minimum atomic E-state index is -0.413. The molecule has 0 spiro atoms. The maximum Gasteiger partial charge on any atom is 0.276 e. The monoisotopic (exact) mass is 394 g/mol. The van der Waals surface area contributed by atoms with Crippen LogP contribution < -0.4 is 24.8 Å². The van der Waals surface area contributed by atoms with Gasteiger partial charge in [0.05, 0.1) is 32.7 Å². The lowest BCUT2D eigenvalue weighted by Gasteiger charge is -2.12. The zero-order valence-electron chi connectivity index (χ0n) is 16.6. The number of aryl methyl sites for hydroxylation is 1. The highest BCUT2D eigenvalue weighted by Gasteiger charge is 2.13. The Morgan fingerprint density at radius 2 is 1.55 bits per heavy atom. The van der Waals surface area contributed by atoms with Gasteiger partial charge < -0.3 is 24.8 Å². The predicted octanol–water partition coefficient (Wildman–Crippen LogP) is 3.81. The first kappa shape index (κ1) is 19.9. The Hall–Kier alpha value is -3.81. The summed E-state index contributed by atoms with van der Waals surface area (Å²) in [6.45, 7) is 1.98. The zero-order chi connectivity index (χ0) is 20.8. The number of nitrogens with zero attached hydrogens (tertiary/aromatic N) is 2. The van der Waals surface area contributed by atoms with E-state index in [1.54, 1.807) is 44.6 Å². The summed E-state index contributed by atoms with van der Waals surface area (Å²) in [5.41, 5.74) is 2.48. The number of ether oxygens (including phenoxy) is 3. The molecule has 8 heteroatoms. The van der Waals surface area contributed by atoms with Gasteiger partial charge in [0, 0.05) is 6.07 Å². The summed E-state index contributed by atoms with van der Waals surface area (Å²) in [7, 11) is 4.67. The Balaban J connectivity index is 1.75. The van der Waals surface area contributed by atoms with Gasteiger partial charge in [0.25, 0.3) is 5.91 Å². The molecule has 0 fully saturated rings. The van der Waals surface area contributed by atoms with Crippen molar-refractivity contribution < 1.29 is 19.0 Å². The number of hydrogen-bond donors (Lipinski definition) is 2. The first-order chi connectivity index (χ1) is 14.0. The van der Waals surface area contributed by atoms with Gasteiger partial charge in [0.15, 0.2) is 11.5 Å². The topological polar surface area (TPSA) is 94.6 Å². The third kappa shape index (κ3) is 4.73. The van der Waals surface area contributed by atoms with Crippen molar-refractivity contribution in [3.8, 4) is 17.2 Å². The molecular formula is C21H22N4O4. The van der Waals surface area contributed by atoms with Gasteiger partial charge in [-0.1, -0.05) is 6.07 Å². The highest BCUT2D eigenvalue weighted by atomic mass is 16.5. The van der Waals surface area contributed by atoms with E-state index in [4.69, 9.17) is 14.2 Å². The van der Waals surface area contributed by atoms with E-state index in [0.717, 1.165) is 11.3 Å². The summed E-state index contributed by atoms with van der Waals surface area (Å²) in [5.74, 6) is 1.87. The predicted molar refractivity (Wildman–Crippen MR) is 111 cm³/mol. The molecule has 0 atom stereocenters. The van der Waals surface area contributed by atoms with E-state index in [1.165, 1.54) is 7.11 Å². The van der Waals surface area contributed by atoms with E-state index < -0.39 is 5.91 Å². The number of anilines is 3. The van der Waals surface area contributed by atoms with E-state index >= 15 is 0 Å². The van der Waals surface area contributed by atoms with Crippen LogP contribution in [0.25, 0.3) is 0 Å². The summed E-state index contributed by atoms with van der Waals surface area (Å²) < 4.78 is 15.8. The highest BCUT2D eigenvalue weighted by Crippen LogP contribution is 2.30. The maximum absolute atomic E-state index is 12.5. The number of methoxy groups -OCH3 is 3. The minimum absolute atomic E-state index is 0.164. The van der Waals surface area contributed by atoms with Gasteiger partial charge in [-0.2, -0.15) is 0 Å². The van der Waals surface area contributed by atoms with E-state index in [-0.39, 0.29) is 5.69 Å². The first-order valence-corrected chi connectivity index (χ1v) is 8.83. The van der Waals surface area contributed by atoms with Crippen LogP contribution in [0.3, 0.4) is 0 Å². The van der Waals surface area contributed by atoms with E-state index in [9.17, 15) is 4.79 Å². The molecule has 0 aliphatic rings. The molecule has 2 aromatic carbocycles. The Bertz CT molecular complexity index is 1010. The molecular weight excluding hydrogens is 372 g/mol. The molecule has 1 heterocycles. The molecule has 2 N–H and O–H groups in total. The normalized spacial score (nSPS) is 10.2. The number of benzene rings is 2. The average Bonchev–Trinajstić information content (AvgIpc) is 2.74. The zero-order valence-corrected chi connectivity index (χ0v) is 16.6. The Morgan fingerprint density at radius 3 is 2.21 bits per heavy atom. The smallest absolute Gasteiger partial charge is 0.276 e.